The van der Waals surface area contributed by atoms with Crippen LogP contribution in [0.2, 0.25) is 0 Å². The van der Waals surface area contributed by atoms with Crippen molar-refractivity contribution in [2.75, 3.05) is 0 Å². The molecule has 99 heavy (non-hydrogen) atoms. The van der Waals surface area contributed by atoms with Crippen LogP contribution in [0.25, 0.3) is 182 Å². The summed E-state index contributed by atoms with van der Waals surface area (Å²) in [6, 6.07) is 121. The van der Waals surface area contributed by atoms with E-state index in [0.29, 0.717) is 0 Å². The van der Waals surface area contributed by atoms with Gasteiger partial charge in [-0.25, -0.2) is 4.98 Å². The molecule has 0 aliphatic rings. The standard InChI is InChI=1S/C53H34N2.C40H26N4/c1-2-16-44(17-3-1)55-50-21-11-10-20-49(50)54-53(55)38-26-22-37(23-27-38)41-30-31-47-48(34-41)52(43-29-25-36-13-5-7-15-40(36)33-43)46-19-9-8-18-45(46)51(47)42-28-24-35-12-4-6-14-39(35)32-42;1-2-10-27(11-3-1)28-16-19-33-34(24-28)40(30-18-21-38(44-26-30)36-15-7-9-23-42-36)32-13-5-4-12-31(32)39(33)29-17-20-37(43-25-29)35-14-6-8-22-41-35/h1-34H;1-26H. The fourth-order valence-electron chi connectivity index (χ4n) is 14.6. The van der Waals surface area contributed by atoms with Gasteiger partial charge in [0.1, 0.15) is 5.82 Å². The van der Waals surface area contributed by atoms with Gasteiger partial charge in [0.15, 0.2) is 0 Å². The Labute approximate surface area is 572 Å². The predicted molar refractivity (Wildman–Crippen MR) is 413 cm³/mol. The van der Waals surface area contributed by atoms with Crippen LogP contribution < -0.4 is 0 Å². The number of para-hydroxylation sites is 3. The van der Waals surface area contributed by atoms with Gasteiger partial charge in [0.2, 0.25) is 0 Å². The van der Waals surface area contributed by atoms with Gasteiger partial charge in [-0.2, -0.15) is 0 Å². The van der Waals surface area contributed by atoms with Crippen molar-refractivity contribution >= 4 is 75.7 Å². The molecule has 0 saturated heterocycles. The summed E-state index contributed by atoms with van der Waals surface area (Å²) in [5.41, 5.74) is 21.8. The number of aromatic nitrogens is 6. The molecule has 0 amide bonds. The van der Waals surface area contributed by atoms with Crippen LogP contribution in [0.5, 0.6) is 0 Å². The topological polar surface area (TPSA) is 69.4 Å². The predicted octanol–water partition coefficient (Wildman–Crippen LogP) is 24.2. The van der Waals surface area contributed by atoms with E-state index in [1.165, 1.54) is 104 Å². The molecule has 14 aromatic carbocycles. The third kappa shape index (κ3) is 10.8. The van der Waals surface area contributed by atoms with Gasteiger partial charge >= 0.3 is 0 Å². The van der Waals surface area contributed by atoms with Crippen LogP contribution in [0, 0.1) is 0 Å². The summed E-state index contributed by atoms with van der Waals surface area (Å²) in [4.78, 5) is 23.8. The Morgan fingerprint density at radius 1 is 0.212 bits per heavy atom. The molecule has 462 valence electrons. The zero-order valence-corrected chi connectivity index (χ0v) is 53.8. The first-order valence-electron chi connectivity index (χ1n) is 33.5. The average molecular weight is 1260 g/mol. The van der Waals surface area contributed by atoms with Crippen molar-refractivity contribution in [1.82, 2.24) is 29.5 Å². The molecular weight excluding hydrogens is 1200 g/mol. The number of rotatable bonds is 10. The summed E-state index contributed by atoms with van der Waals surface area (Å²) < 4.78 is 2.26. The summed E-state index contributed by atoms with van der Waals surface area (Å²) >= 11 is 0. The number of nitrogens with zero attached hydrogens (tertiary/aromatic N) is 6. The van der Waals surface area contributed by atoms with Crippen molar-refractivity contribution in [3.8, 4) is 107 Å². The summed E-state index contributed by atoms with van der Waals surface area (Å²) in [5.74, 6) is 0.933. The van der Waals surface area contributed by atoms with E-state index in [1.54, 1.807) is 12.4 Å². The van der Waals surface area contributed by atoms with Gasteiger partial charge in [-0.15, -0.1) is 0 Å². The third-order valence-electron chi connectivity index (χ3n) is 19.2. The van der Waals surface area contributed by atoms with E-state index in [0.717, 1.165) is 78.7 Å². The molecule has 5 heterocycles. The van der Waals surface area contributed by atoms with E-state index in [2.05, 4.69) is 318 Å². The Morgan fingerprint density at radius 2 is 0.586 bits per heavy atom. The lowest BCUT2D eigenvalue weighted by Crippen LogP contribution is -1.97. The lowest BCUT2D eigenvalue weighted by molar-refractivity contribution is 1.10. The van der Waals surface area contributed by atoms with Crippen molar-refractivity contribution in [2.45, 2.75) is 0 Å². The van der Waals surface area contributed by atoms with E-state index in [9.17, 15) is 0 Å². The highest BCUT2D eigenvalue weighted by atomic mass is 15.1. The molecule has 6 heteroatoms. The second-order valence-electron chi connectivity index (χ2n) is 25.1. The zero-order chi connectivity index (χ0) is 65.6. The Kier molecular flexibility index (Phi) is 14.8. The molecule has 0 spiro atoms. The molecule has 0 unspecified atom stereocenters. The van der Waals surface area contributed by atoms with E-state index >= 15 is 0 Å². The van der Waals surface area contributed by atoms with Gasteiger partial charge in [-0.1, -0.05) is 255 Å². The van der Waals surface area contributed by atoms with Gasteiger partial charge in [-0.05, 0) is 205 Å². The Balaban J connectivity index is 0.000000147. The molecule has 0 fully saturated rings. The maximum atomic E-state index is 5.12. The molecule has 0 radical (unpaired) electrons. The van der Waals surface area contributed by atoms with Crippen LogP contribution in [0.3, 0.4) is 0 Å². The Bertz CT molecular complexity index is 6230. The molecule has 0 atom stereocenters. The number of pyridine rings is 4. The van der Waals surface area contributed by atoms with Gasteiger partial charge < -0.3 is 0 Å². The molecule has 0 N–H and O–H groups in total. The van der Waals surface area contributed by atoms with E-state index in [-0.39, 0.29) is 0 Å². The van der Waals surface area contributed by atoms with Gasteiger partial charge in [-0.3, -0.25) is 24.5 Å². The zero-order valence-electron chi connectivity index (χ0n) is 53.8. The van der Waals surface area contributed by atoms with Crippen molar-refractivity contribution in [3.63, 3.8) is 0 Å². The summed E-state index contributed by atoms with van der Waals surface area (Å²) in [7, 11) is 0. The monoisotopic (exact) mass is 1260 g/mol. The molecule has 0 bridgehead atoms. The summed E-state index contributed by atoms with van der Waals surface area (Å²) in [6.45, 7) is 0. The maximum absolute atomic E-state index is 5.12. The molecule has 19 rings (SSSR count). The van der Waals surface area contributed by atoms with Crippen LogP contribution in [-0.2, 0) is 0 Å². The smallest absolute Gasteiger partial charge is 0.145 e. The minimum Gasteiger partial charge on any atom is -0.292 e. The first-order valence-corrected chi connectivity index (χ1v) is 33.5. The summed E-state index contributed by atoms with van der Waals surface area (Å²) in [5, 5.41) is 14.6. The van der Waals surface area contributed by atoms with Crippen LogP contribution >= 0.6 is 0 Å². The molecule has 0 aliphatic heterocycles. The minimum absolute atomic E-state index is 0.851. The molecule has 5 aromatic heterocycles. The SMILES string of the molecule is c1ccc(-c2ccc3c(-c4ccc(-c5ccccn5)nc4)c4ccccc4c(-c4ccc(-c5ccccn5)nc4)c3c2)cc1.c1ccc(-n2c(-c3ccc(-c4ccc5c(-c6ccc7ccccc7c6)c6ccccc6c(-c6ccc7ccccc7c6)c5c4)cc3)nc3ccccc32)cc1. The van der Waals surface area contributed by atoms with Crippen LogP contribution in [-0.4, -0.2) is 29.5 Å². The number of benzene rings is 14. The average Bonchev–Trinajstić information content (AvgIpc) is 1.54. The number of imidazole rings is 1. The van der Waals surface area contributed by atoms with Crippen molar-refractivity contribution in [3.05, 3.63) is 365 Å². The van der Waals surface area contributed by atoms with E-state index in [4.69, 9.17) is 15.0 Å². The summed E-state index contributed by atoms with van der Waals surface area (Å²) in [6.07, 6.45) is 7.54. The first-order chi connectivity index (χ1) is 49.1. The maximum Gasteiger partial charge on any atom is 0.145 e. The van der Waals surface area contributed by atoms with Crippen molar-refractivity contribution < 1.29 is 0 Å². The third-order valence-corrected chi connectivity index (χ3v) is 19.2. The highest BCUT2D eigenvalue weighted by Crippen LogP contribution is 2.48. The van der Waals surface area contributed by atoms with Gasteiger partial charge in [0.05, 0.1) is 33.8 Å². The fraction of sp³-hybridized carbons (Fsp3) is 0. The number of fused-ring (bicyclic) bond motifs is 7. The molecule has 19 aromatic rings. The van der Waals surface area contributed by atoms with Gasteiger partial charge in [0.25, 0.3) is 0 Å². The van der Waals surface area contributed by atoms with Crippen molar-refractivity contribution in [2.24, 2.45) is 0 Å². The highest BCUT2D eigenvalue weighted by molar-refractivity contribution is 6.24. The lowest BCUT2D eigenvalue weighted by Gasteiger charge is -2.19. The van der Waals surface area contributed by atoms with E-state index < -0.39 is 0 Å². The molecule has 6 nitrogen and oxygen atoms in total. The first kappa shape index (κ1) is 58.3. The number of hydrogen-bond acceptors (Lipinski definition) is 5. The normalized spacial score (nSPS) is 11.4. The highest BCUT2D eigenvalue weighted by Gasteiger charge is 2.22. The second-order valence-corrected chi connectivity index (χ2v) is 25.1. The van der Waals surface area contributed by atoms with Crippen LogP contribution in [0.4, 0.5) is 0 Å². The quantitative estimate of drug-likeness (QED) is 0.128. The largest absolute Gasteiger partial charge is 0.292 e. The van der Waals surface area contributed by atoms with Crippen molar-refractivity contribution in [1.29, 1.82) is 0 Å². The number of hydrogen-bond donors (Lipinski definition) is 0. The molecule has 0 saturated carbocycles. The fourth-order valence-corrected chi connectivity index (χ4v) is 14.6. The molecular formula is C93H60N6. The lowest BCUT2D eigenvalue weighted by atomic mass is 9.84. The Hall–Kier alpha value is -13.3. The van der Waals surface area contributed by atoms with Crippen LogP contribution in [0.15, 0.2) is 365 Å². The van der Waals surface area contributed by atoms with E-state index in [1.807, 2.05) is 48.8 Å². The second kappa shape index (κ2) is 25.1. The van der Waals surface area contributed by atoms with Crippen LogP contribution in [0.1, 0.15) is 0 Å². The Morgan fingerprint density at radius 3 is 1.09 bits per heavy atom. The minimum atomic E-state index is 0.851. The van der Waals surface area contributed by atoms with Gasteiger partial charge in [0, 0.05) is 47.2 Å². The molecule has 0 aliphatic carbocycles.